The number of hydrogen-bond acceptors (Lipinski definition) is 3. The van der Waals surface area contributed by atoms with Crippen molar-refractivity contribution in [2.24, 2.45) is 7.05 Å². The molecule has 4 rings (SSSR count). The second kappa shape index (κ2) is 5.53. The minimum Gasteiger partial charge on any atom is -0.341 e. The predicted molar refractivity (Wildman–Crippen MR) is 87.7 cm³/mol. The molecule has 1 aliphatic rings. The summed E-state index contributed by atoms with van der Waals surface area (Å²) in [5, 5.41) is 0. The maximum absolute atomic E-state index is 11.7. The van der Waals surface area contributed by atoms with Gasteiger partial charge in [0.1, 0.15) is 0 Å². The fourth-order valence-electron chi connectivity index (χ4n) is 3.21. The van der Waals surface area contributed by atoms with Crippen LogP contribution >= 0.6 is 0 Å². The highest BCUT2D eigenvalue weighted by Crippen LogP contribution is 2.22. The Morgan fingerprint density at radius 2 is 2.04 bits per heavy atom. The quantitative estimate of drug-likeness (QED) is 0.741. The molecule has 0 bridgehead atoms. The van der Waals surface area contributed by atoms with Crippen LogP contribution < -0.4 is 0 Å². The molecule has 23 heavy (non-hydrogen) atoms. The van der Waals surface area contributed by atoms with Gasteiger partial charge in [-0.15, -0.1) is 0 Å². The molecule has 0 atom stereocenters. The van der Waals surface area contributed by atoms with E-state index in [2.05, 4.69) is 20.2 Å². The summed E-state index contributed by atoms with van der Waals surface area (Å²) in [6, 6.07) is 8.07. The van der Waals surface area contributed by atoms with Crippen molar-refractivity contribution in [1.82, 2.24) is 24.0 Å². The van der Waals surface area contributed by atoms with Crippen molar-refractivity contribution in [3.05, 3.63) is 36.7 Å². The largest absolute Gasteiger partial charge is 0.341 e. The molecule has 6 heteroatoms. The number of likely N-dealkylation sites (tertiary alicyclic amines) is 1. The van der Waals surface area contributed by atoms with Crippen molar-refractivity contribution >= 4 is 16.9 Å². The fourth-order valence-corrected chi connectivity index (χ4v) is 3.21. The minimum atomic E-state index is 0.259. The van der Waals surface area contributed by atoms with Gasteiger partial charge in [-0.05, 0) is 18.6 Å². The van der Waals surface area contributed by atoms with E-state index in [-0.39, 0.29) is 5.91 Å². The molecule has 1 saturated heterocycles. The van der Waals surface area contributed by atoms with Crippen molar-refractivity contribution in [2.45, 2.75) is 19.4 Å². The van der Waals surface area contributed by atoms with Gasteiger partial charge in [-0.25, -0.2) is 9.97 Å². The average Bonchev–Trinajstić information content (AvgIpc) is 3.25. The first kappa shape index (κ1) is 14.0. The Labute approximate surface area is 134 Å². The molecule has 3 heterocycles. The lowest BCUT2D eigenvalue weighted by molar-refractivity contribution is -0.127. The molecule has 0 aliphatic carbocycles. The molecule has 118 valence electrons. The highest BCUT2D eigenvalue weighted by atomic mass is 16.2. The van der Waals surface area contributed by atoms with E-state index < -0.39 is 0 Å². The monoisotopic (exact) mass is 309 g/mol. The average molecular weight is 309 g/mol. The SMILES string of the molecule is Cn1c(-c2nccn2CCN2CCCC2=O)nc2ccccc21. The lowest BCUT2D eigenvalue weighted by Gasteiger charge is -2.16. The lowest BCUT2D eigenvalue weighted by Crippen LogP contribution is -2.28. The van der Waals surface area contributed by atoms with Gasteiger partial charge in [0.05, 0.1) is 11.0 Å². The minimum absolute atomic E-state index is 0.259. The molecule has 0 radical (unpaired) electrons. The zero-order valence-electron chi connectivity index (χ0n) is 13.1. The first-order valence-electron chi connectivity index (χ1n) is 7.95. The topological polar surface area (TPSA) is 56.0 Å². The summed E-state index contributed by atoms with van der Waals surface area (Å²) in [4.78, 5) is 22.9. The molecule has 1 amide bonds. The second-order valence-corrected chi connectivity index (χ2v) is 5.91. The van der Waals surface area contributed by atoms with Crippen LogP contribution in [0.3, 0.4) is 0 Å². The molecular formula is C17H19N5O. The summed E-state index contributed by atoms with van der Waals surface area (Å²) in [5.74, 6) is 1.95. The summed E-state index contributed by atoms with van der Waals surface area (Å²) >= 11 is 0. The van der Waals surface area contributed by atoms with Gasteiger partial charge in [-0.3, -0.25) is 4.79 Å². The molecule has 0 N–H and O–H groups in total. The number of imidazole rings is 2. The first-order chi connectivity index (χ1) is 11.2. The van der Waals surface area contributed by atoms with Gasteiger partial charge in [-0.1, -0.05) is 12.1 Å². The Bertz CT molecular complexity index is 863. The van der Waals surface area contributed by atoms with Crippen LogP contribution in [-0.2, 0) is 18.4 Å². The number of nitrogens with zero attached hydrogens (tertiary/aromatic N) is 5. The third-order valence-corrected chi connectivity index (χ3v) is 4.48. The van der Waals surface area contributed by atoms with Gasteiger partial charge in [0.15, 0.2) is 11.6 Å². The summed E-state index contributed by atoms with van der Waals surface area (Å²) in [6.07, 6.45) is 5.40. The van der Waals surface area contributed by atoms with Crippen molar-refractivity contribution in [3.63, 3.8) is 0 Å². The zero-order valence-corrected chi connectivity index (χ0v) is 13.1. The molecule has 2 aromatic heterocycles. The van der Waals surface area contributed by atoms with Crippen LogP contribution in [0.1, 0.15) is 12.8 Å². The van der Waals surface area contributed by atoms with Crippen LogP contribution in [0.15, 0.2) is 36.7 Å². The van der Waals surface area contributed by atoms with Crippen LogP contribution in [0, 0.1) is 0 Å². The van der Waals surface area contributed by atoms with Gasteiger partial charge in [0.25, 0.3) is 0 Å². The molecule has 0 saturated carbocycles. The third-order valence-electron chi connectivity index (χ3n) is 4.48. The predicted octanol–water partition coefficient (Wildman–Crippen LogP) is 2.06. The first-order valence-corrected chi connectivity index (χ1v) is 7.95. The Balaban J connectivity index is 1.63. The number of para-hydroxylation sites is 2. The van der Waals surface area contributed by atoms with E-state index in [4.69, 9.17) is 4.98 Å². The van der Waals surface area contributed by atoms with Crippen molar-refractivity contribution in [2.75, 3.05) is 13.1 Å². The smallest absolute Gasteiger partial charge is 0.222 e. The number of rotatable bonds is 4. The highest BCUT2D eigenvalue weighted by Gasteiger charge is 2.20. The Morgan fingerprint density at radius 3 is 2.83 bits per heavy atom. The van der Waals surface area contributed by atoms with E-state index in [0.717, 1.165) is 48.7 Å². The summed E-state index contributed by atoms with van der Waals surface area (Å²) in [6.45, 7) is 2.34. The molecule has 0 unspecified atom stereocenters. The van der Waals surface area contributed by atoms with Crippen LogP contribution in [-0.4, -0.2) is 43.0 Å². The third kappa shape index (κ3) is 2.40. The van der Waals surface area contributed by atoms with E-state index >= 15 is 0 Å². The van der Waals surface area contributed by atoms with E-state index in [0.29, 0.717) is 6.42 Å². The lowest BCUT2D eigenvalue weighted by atomic mass is 10.3. The number of aromatic nitrogens is 4. The van der Waals surface area contributed by atoms with Crippen molar-refractivity contribution in [1.29, 1.82) is 0 Å². The zero-order chi connectivity index (χ0) is 15.8. The number of hydrogen-bond donors (Lipinski definition) is 0. The number of fused-ring (bicyclic) bond motifs is 1. The molecule has 0 spiro atoms. The maximum Gasteiger partial charge on any atom is 0.222 e. The van der Waals surface area contributed by atoms with E-state index in [1.807, 2.05) is 36.3 Å². The maximum atomic E-state index is 11.7. The van der Waals surface area contributed by atoms with Crippen LogP contribution in [0.5, 0.6) is 0 Å². The number of amides is 1. The van der Waals surface area contributed by atoms with E-state index in [1.54, 1.807) is 6.20 Å². The number of benzene rings is 1. The molecule has 1 aliphatic heterocycles. The van der Waals surface area contributed by atoms with Gasteiger partial charge in [0, 0.05) is 45.5 Å². The summed E-state index contributed by atoms with van der Waals surface area (Å²) < 4.78 is 4.14. The van der Waals surface area contributed by atoms with Gasteiger partial charge < -0.3 is 14.0 Å². The van der Waals surface area contributed by atoms with E-state index in [1.165, 1.54) is 0 Å². The Morgan fingerprint density at radius 1 is 1.17 bits per heavy atom. The normalized spacial score (nSPS) is 15.0. The molecule has 1 fully saturated rings. The molecule has 3 aromatic rings. The van der Waals surface area contributed by atoms with Gasteiger partial charge in [0.2, 0.25) is 5.91 Å². The van der Waals surface area contributed by atoms with Gasteiger partial charge >= 0.3 is 0 Å². The molecular weight excluding hydrogens is 290 g/mol. The number of carbonyl (C=O) groups excluding carboxylic acids is 1. The van der Waals surface area contributed by atoms with E-state index in [9.17, 15) is 4.79 Å². The summed E-state index contributed by atoms with van der Waals surface area (Å²) in [5.41, 5.74) is 2.06. The van der Waals surface area contributed by atoms with Crippen molar-refractivity contribution in [3.8, 4) is 11.6 Å². The molecule has 6 nitrogen and oxygen atoms in total. The Hall–Kier alpha value is -2.63. The van der Waals surface area contributed by atoms with Crippen LogP contribution in [0.25, 0.3) is 22.7 Å². The van der Waals surface area contributed by atoms with Gasteiger partial charge in [-0.2, -0.15) is 0 Å². The Kier molecular flexibility index (Phi) is 3.37. The molecule has 1 aromatic carbocycles. The van der Waals surface area contributed by atoms with Crippen LogP contribution in [0.4, 0.5) is 0 Å². The van der Waals surface area contributed by atoms with Crippen LogP contribution in [0.2, 0.25) is 0 Å². The fraction of sp³-hybridized carbons (Fsp3) is 0.353. The summed E-state index contributed by atoms with van der Waals surface area (Å²) in [7, 11) is 2.01. The van der Waals surface area contributed by atoms with Crippen molar-refractivity contribution < 1.29 is 4.79 Å². The standard InChI is InChI=1S/C17H19N5O/c1-20-14-6-3-2-5-13(14)19-17(20)16-18-8-10-22(16)12-11-21-9-4-7-15(21)23/h2-3,5-6,8,10H,4,7,9,11-12H2,1H3. The highest BCUT2D eigenvalue weighted by molar-refractivity contribution is 5.79. The second-order valence-electron chi connectivity index (χ2n) is 5.91. The number of aryl methyl sites for hydroxylation is 1. The number of carbonyl (C=O) groups is 1.